The van der Waals surface area contributed by atoms with Gasteiger partial charge in [-0.05, 0) is 28.4 Å². The summed E-state index contributed by atoms with van der Waals surface area (Å²) in [5, 5.41) is 10.9. The highest BCUT2D eigenvalue weighted by molar-refractivity contribution is 9.10. The molecule has 0 fully saturated rings. The molecule has 0 atom stereocenters. The van der Waals surface area contributed by atoms with E-state index in [4.69, 9.17) is 5.21 Å². The largest absolute Gasteiger partial charge is 0.411 e. The molecule has 1 N–H and O–H groups in total. The van der Waals surface area contributed by atoms with Crippen LogP contribution < -0.4 is 0 Å². The molecule has 0 spiro atoms. The Bertz CT molecular complexity index is 325. The van der Waals surface area contributed by atoms with Gasteiger partial charge in [-0.2, -0.15) is 0 Å². The third-order valence-electron chi connectivity index (χ3n) is 1.50. The van der Waals surface area contributed by atoms with Crippen molar-refractivity contribution in [3.8, 4) is 0 Å². The molecule has 1 aromatic carbocycles. The van der Waals surface area contributed by atoms with Gasteiger partial charge < -0.3 is 5.21 Å². The van der Waals surface area contributed by atoms with Gasteiger partial charge in [-0.25, -0.2) is 4.39 Å². The minimum atomic E-state index is -0.409. The predicted octanol–water partition coefficient (Wildman–Crippen LogP) is 2.70. The Hall–Kier alpha value is -0.900. The van der Waals surface area contributed by atoms with Crippen LogP contribution in [0.1, 0.15) is 11.1 Å². The second-order valence-electron chi connectivity index (χ2n) is 2.34. The molecule has 64 valence electrons. The second kappa shape index (κ2) is 3.67. The van der Waals surface area contributed by atoms with Crippen molar-refractivity contribution in [2.75, 3.05) is 0 Å². The van der Waals surface area contributed by atoms with Gasteiger partial charge in [-0.1, -0.05) is 17.3 Å². The summed E-state index contributed by atoms with van der Waals surface area (Å²) >= 11 is 3.08. The number of halogens is 2. The lowest BCUT2D eigenvalue weighted by atomic mass is 10.1. The minimum absolute atomic E-state index is 0.259. The van der Waals surface area contributed by atoms with Crippen molar-refractivity contribution in [1.29, 1.82) is 0 Å². The Kier molecular flexibility index (Phi) is 2.81. The lowest BCUT2D eigenvalue weighted by Gasteiger charge is -2.01. The van der Waals surface area contributed by atoms with Crippen molar-refractivity contribution in [3.05, 3.63) is 33.5 Å². The first-order chi connectivity index (χ1) is 5.66. The van der Waals surface area contributed by atoms with Gasteiger partial charge in [0.05, 0.1) is 10.7 Å². The molecule has 0 aliphatic heterocycles. The summed E-state index contributed by atoms with van der Waals surface area (Å²) in [5.74, 6) is -0.409. The number of nitrogens with zero attached hydrogens (tertiary/aromatic N) is 1. The average molecular weight is 232 g/mol. The fourth-order valence-corrected chi connectivity index (χ4v) is 1.18. The average Bonchev–Trinajstić information content (AvgIpc) is 2.07. The van der Waals surface area contributed by atoms with Crippen LogP contribution in [0.3, 0.4) is 0 Å². The molecule has 0 heterocycles. The molecule has 0 radical (unpaired) electrons. The van der Waals surface area contributed by atoms with E-state index < -0.39 is 5.82 Å². The standard InChI is InChI=1S/C8H7BrFNO/c1-5-2-3-6(4-11-12)8(10)7(5)9/h2-4,12H,1H3. The summed E-state index contributed by atoms with van der Waals surface area (Å²) in [7, 11) is 0. The maximum Gasteiger partial charge on any atom is 0.146 e. The van der Waals surface area contributed by atoms with Crippen molar-refractivity contribution in [3.63, 3.8) is 0 Å². The molecule has 0 aliphatic rings. The van der Waals surface area contributed by atoms with E-state index in [2.05, 4.69) is 21.1 Å². The molecule has 12 heavy (non-hydrogen) atoms. The third kappa shape index (κ3) is 1.64. The van der Waals surface area contributed by atoms with E-state index in [1.54, 1.807) is 19.1 Å². The van der Waals surface area contributed by atoms with Crippen LogP contribution in [0.2, 0.25) is 0 Å². The van der Waals surface area contributed by atoms with E-state index >= 15 is 0 Å². The maximum atomic E-state index is 13.2. The van der Waals surface area contributed by atoms with Crippen LogP contribution in [-0.2, 0) is 0 Å². The van der Waals surface area contributed by atoms with Crippen LogP contribution in [0, 0.1) is 12.7 Å². The number of hydrogen-bond donors (Lipinski definition) is 1. The second-order valence-corrected chi connectivity index (χ2v) is 3.14. The summed E-state index contributed by atoms with van der Waals surface area (Å²) < 4.78 is 13.6. The molecule has 0 bridgehead atoms. The Labute approximate surface area is 77.8 Å². The van der Waals surface area contributed by atoms with Gasteiger partial charge in [0, 0.05) is 5.56 Å². The smallest absolute Gasteiger partial charge is 0.146 e. The predicted molar refractivity (Wildman–Crippen MR) is 48.2 cm³/mol. The van der Waals surface area contributed by atoms with Crippen molar-refractivity contribution in [2.24, 2.45) is 5.16 Å². The molecule has 1 rings (SSSR count). The Balaban J connectivity index is 3.26. The third-order valence-corrected chi connectivity index (χ3v) is 2.48. The Morgan fingerprint density at radius 2 is 2.25 bits per heavy atom. The Morgan fingerprint density at radius 1 is 1.58 bits per heavy atom. The van der Waals surface area contributed by atoms with Crippen molar-refractivity contribution < 1.29 is 9.60 Å². The van der Waals surface area contributed by atoms with Gasteiger partial charge in [-0.15, -0.1) is 0 Å². The summed E-state index contributed by atoms with van der Waals surface area (Å²) in [6.07, 6.45) is 1.06. The lowest BCUT2D eigenvalue weighted by molar-refractivity contribution is 0.321. The van der Waals surface area contributed by atoms with Crippen LogP contribution in [0.25, 0.3) is 0 Å². The number of aryl methyl sites for hydroxylation is 1. The van der Waals surface area contributed by atoms with Crippen LogP contribution in [0.15, 0.2) is 21.8 Å². The molecule has 0 aromatic heterocycles. The van der Waals surface area contributed by atoms with Gasteiger partial charge in [0.1, 0.15) is 5.82 Å². The van der Waals surface area contributed by atoms with Gasteiger partial charge >= 0.3 is 0 Å². The van der Waals surface area contributed by atoms with E-state index in [1.807, 2.05) is 0 Å². The van der Waals surface area contributed by atoms with Gasteiger partial charge in [0.25, 0.3) is 0 Å². The van der Waals surface area contributed by atoms with Gasteiger partial charge in [0.15, 0.2) is 0 Å². The molecule has 1 aromatic rings. The van der Waals surface area contributed by atoms with Crippen LogP contribution >= 0.6 is 15.9 Å². The molecule has 4 heteroatoms. The number of benzene rings is 1. The zero-order chi connectivity index (χ0) is 9.14. The minimum Gasteiger partial charge on any atom is -0.411 e. The SMILES string of the molecule is Cc1ccc(C=NO)c(F)c1Br. The molecule has 2 nitrogen and oxygen atoms in total. The molecule has 0 aliphatic carbocycles. The number of hydrogen-bond acceptors (Lipinski definition) is 2. The first kappa shape index (κ1) is 9.19. The molecular formula is C8H7BrFNO. The topological polar surface area (TPSA) is 32.6 Å². The summed E-state index contributed by atoms with van der Waals surface area (Å²) in [6.45, 7) is 1.78. The number of oxime groups is 1. The molecule has 0 saturated carbocycles. The van der Waals surface area contributed by atoms with E-state index in [0.29, 0.717) is 4.47 Å². The maximum absolute atomic E-state index is 13.2. The summed E-state index contributed by atoms with van der Waals surface area (Å²) in [6, 6.07) is 3.29. The van der Waals surface area contributed by atoms with Crippen LogP contribution in [-0.4, -0.2) is 11.4 Å². The number of rotatable bonds is 1. The quantitative estimate of drug-likeness (QED) is 0.450. The van der Waals surface area contributed by atoms with Crippen molar-refractivity contribution in [1.82, 2.24) is 0 Å². The highest BCUT2D eigenvalue weighted by Gasteiger charge is 2.06. The normalized spacial score (nSPS) is 10.9. The molecule has 0 saturated heterocycles. The van der Waals surface area contributed by atoms with Crippen LogP contribution in [0.5, 0.6) is 0 Å². The summed E-state index contributed by atoms with van der Waals surface area (Å²) in [4.78, 5) is 0. The van der Waals surface area contributed by atoms with Gasteiger partial charge in [-0.3, -0.25) is 0 Å². The lowest BCUT2D eigenvalue weighted by Crippen LogP contribution is -1.91. The Morgan fingerprint density at radius 3 is 2.83 bits per heavy atom. The first-order valence-corrected chi connectivity index (χ1v) is 4.08. The van der Waals surface area contributed by atoms with E-state index in [0.717, 1.165) is 11.8 Å². The monoisotopic (exact) mass is 231 g/mol. The van der Waals surface area contributed by atoms with Crippen LogP contribution in [0.4, 0.5) is 4.39 Å². The highest BCUT2D eigenvalue weighted by Crippen LogP contribution is 2.21. The summed E-state index contributed by atoms with van der Waals surface area (Å²) in [5.41, 5.74) is 1.07. The zero-order valence-corrected chi connectivity index (χ0v) is 7.97. The molecule has 0 amide bonds. The van der Waals surface area contributed by atoms with E-state index in [9.17, 15) is 4.39 Å². The van der Waals surface area contributed by atoms with Crippen molar-refractivity contribution in [2.45, 2.75) is 6.92 Å². The zero-order valence-electron chi connectivity index (χ0n) is 6.38. The molecular weight excluding hydrogens is 225 g/mol. The van der Waals surface area contributed by atoms with E-state index in [1.165, 1.54) is 0 Å². The fourth-order valence-electron chi connectivity index (χ4n) is 0.823. The van der Waals surface area contributed by atoms with Gasteiger partial charge in [0.2, 0.25) is 0 Å². The first-order valence-electron chi connectivity index (χ1n) is 3.29. The molecule has 0 unspecified atom stereocenters. The van der Waals surface area contributed by atoms with E-state index in [-0.39, 0.29) is 5.56 Å². The highest BCUT2D eigenvalue weighted by atomic mass is 79.9. The van der Waals surface area contributed by atoms with Crippen molar-refractivity contribution >= 4 is 22.1 Å². The fraction of sp³-hybridized carbons (Fsp3) is 0.125.